The van der Waals surface area contributed by atoms with Gasteiger partial charge in [-0.05, 0) is 0 Å². The van der Waals surface area contributed by atoms with Crippen LogP contribution in [0.1, 0.15) is 5.69 Å². The third kappa shape index (κ3) is 2.68. The number of H-pyrrole nitrogens is 1. The smallest absolute Gasteiger partial charge is 0.223 e. The van der Waals surface area contributed by atoms with Crippen LogP contribution >= 0.6 is 11.8 Å². The Balaban J connectivity index is 2.07. The summed E-state index contributed by atoms with van der Waals surface area (Å²) in [6.07, 6.45) is 3.20. The molecule has 0 saturated heterocycles. The van der Waals surface area contributed by atoms with Crippen LogP contribution < -0.4 is 10.2 Å². The molecule has 2 aromatic rings. The van der Waals surface area contributed by atoms with Crippen molar-refractivity contribution in [3.05, 3.63) is 34.5 Å². The van der Waals surface area contributed by atoms with Crippen LogP contribution in [0.4, 0.5) is 0 Å². The largest absolute Gasteiger partial charge is 0.491 e. The molecule has 0 aliphatic heterocycles. The van der Waals surface area contributed by atoms with E-state index in [1.165, 1.54) is 24.9 Å². The van der Waals surface area contributed by atoms with Gasteiger partial charge in [-0.3, -0.25) is 4.79 Å². The van der Waals surface area contributed by atoms with Gasteiger partial charge in [0.15, 0.2) is 10.9 Å². The predicted molar refractivity (Wildman–Crippen MR) is 64.2 cm³/mol. The number of methoxy groups -OCH3 is 1. The van der Waals surface area contributed by atoms with E-state index in [-0.39, 0.29) is 5.43 Å². The SMILES string of the molecule is COc1c[nH]c(CSc2nncn2C)cc1=O. The van der Waals surface area contributed by atoms with Crippen LogP contribution in [0.3, 0.4) is 0 Å². The second-order valence-electron chi connectivity index (χ2n) is 3.40. The van der Waals surface area contributed by atoms with Crippen LogP contribution in [0.15, 0.2) is 28.5 Å². The first-order chi connectivity index (χ1) is 8.20. The highest BCUT2D eigenvalue weighted by Crippen LogP contribution is 2.18. The predicted octanol–water partition coefficient (Wildman–Crippen LogP) is 0.804. The lowest BCUT2D eigenvalue weighted by atomic mass is 10.3. The van der Waals surface area contributed by atoms with E-state index >= 15 is 0 Å². The molecule has 0 amide bonds. The molecule has 1 N–H and O–H groups in total. The Kier molecular flexibility index (Phi) is 3.48. The molecule has 0 aliphatic carbocycles. The summed E-state index contributed by atoms with van der Waals surface area (Å²) in [4.78, 5) is 14.5. The van der Waals surface area contributed by atoms with E-state index in [1.807, 2.05) is 11.6 Å². The number of pyridine rings is 1. The van der Waals surface area contributed by atoms with E-state index in [9.17, 15) is 4.79 Å². The van der Waals surface area contributed by atoms with Crippen molar-refractivity contribution in [3.8, 4) is 5.75 Å². The second-order valence-corrected chi connectivity index (χ2v) is 4.35. The average Bonchev–Trinajstić information content (AvgIpc) is 2.72. The summed E-state index contributed by atoms with van der Waals surface area (Å²) in [5.41, 5.74) is 0.698. The van der Waals surface area contributed by atoms with E-state index in [2.05, 4.69) is 15.2 Å². The average molecular weight is 252 g/mol. The Bertz CT molecular complexity index is 563. The number of rotatable bonds is 4. The first kappa shape index (κ1) is 11.7. The van der Waals surface area contributed by atoms with Crippen LogP contribution in [-0.2, 0) is 12.8 Å². The van der Waals surface area contributed by atoms with Gasteiger partial charge in [0.2, 0.25) is 5.43 Å². The number of nitrogens with one attached hydrogen (secondary N) is 1. The van der Waals surface area contributed by atoms with Crippen molar-refractivity contribution in [1.82, 2.24) is 19.7 Å². The maximum Gasteiger partial charge on any atom is 0.223 e. The Labute approximate surface area is 102 Å². The lowest BCUT2D eigenvalue weighted by Crippen LogP contribution is -2.06. The van der Waals surface area contributed by atoms with Crippen LogP contribution in [0.2, 0.25) is 0 Å². The third-order valence-electron chi connectivity index (χ3n) is 2.18. The summed E-state index contributed by atoms with van der Waals surface area (Å²) in [7, 11) is 3.34. The molecule has 0 aromatic carbocycles. The Morgan fingerprint density at radius 2 is 2.41 bits per heavy atom. The molecule has 0 radical (unpaired) electrons. The van der Waals surface area contributed by atoms with E-state index in [4.69, 9.17) is 4.74 Å². The van der Waals surface area contributed by atoms with Crippen LogP contribution in [0, 0.1) is 0 Å². The van der Waals surface area contributed by atoms with Crippen molar-refractivity contribution < 1.29 is 4.74 Å². The lowest BCUT2D eigenvalue weighted by Gasteiger charge is -2.03. The fraction of sp³-hybridized carbons (Fsp3) is 0.300. The fourth-order valence-electron chi connectivity index (χ4n) is 1.29. The highest BCUT2D eigenvalue weighted by molar-refractivity contribution is 7.98. The van der Waals surface area contributed by atoms with Gasteiger partial charge < -0.3 is 14.3 Å². The van der Waals surface area contributed by atoms with Crippen molar-refractivity contribution in [2.45, 2.75) is 10.9 Å². The second kappa shape index (κ2) is 5.05. The molecule has 0 spiro atoms. The van der Waals surface area contributed by atoms with E-state index < -0.39 is 0 Å². The van der Waals surface area contributed by atoms with Gasteiger partial charge in [-0.15, -0.1) is 10.2 Å². The number of nitrogens with zero attached hydrogens (tertiary/aromatic N) is 3. The molecular formula is C10H12N4O2S. The molecule has 0 unspecified atom stereocenters. The Morgan fingerprint density at radius 3 is 3.00 bits per heavy atom. The molecule has 0 fully saturated rings. The third-order valence-corrected chi connectivity index (χ3v) is 3.27. The lowest BCUT2D eigenvalue weighted by molar-refractivity contribution is 0.408. The highest BCUT2D eigenvalue weighted by Gasteiger charge is 2.04. The van der Waals surface area contributed by atoms with Crippen molar-refractivity contribution >= 4 is 11.8 Å². The molecule has 0 saturated carbocycles. The summed E-state index contributed by atoms with van der Waals surface area (Å²) in [6.45, 7) is 0. The molecule has 0 aliphatic rings. The van der Waals surface area contributed by atoms with Gasteiger partial charge in [-0.1, -0.05) is 11.8 Å². The van der Waals surface area contributed by atoms with Crippen LogP contribution in [0.25, 0.3) is 0 Å². The molecule has 7 heteroatoms. The molecule has 6 nitrogen and oxygen atoms in total. The summed E-state index contributed by atoms with van der Waals surface area (Å²) >= 11 is 1.51. The molecular weight excluding hydrogens is 240 g/mol. The minimum absolute atomic E-state index is 0.125. The normalized spacial score (nSPS) is 10.5. The number of aromatic nitrogens is 4. The van der Waals surface area contributed by atoms with Crippen molar-refractivity contribution in [3.63, 3.8) is 0 Å². The maximum absolute atomic E-state index is 11.5. The van der Waals surface area contributed by atoms with Gasteiger partial charge in [-0.25, -0.2) is 0 Å². The molecule has 90 valence electrons. The summed E-state index contributed by atoms with van der Waals surface area (Å²) in [6, 6.07) is 1.53. The molecule has 2 aromatic heterocycles. The number of aryl methyl sites for hydroxylation is 1. The first-order valence-electron chi connectivity index (χ1n) is 4.93. The number of ether oxygens (including phenoxy) is 1. The molecule has 0 bridgehead atoms. The Hall–Kier alpha value is -1.76. The highest BCUT2D eigenvalue weighted by atomic mass is 32.2. The minimum atomic E-state index is -0.125. The monoisotopic (exact) mass is 252 g/mol. The zero-order chi connectivity index (χ0) is 12.3. The van der Waals surface area contributed by atoms with Gasteiger partial charge in [-0.2, -0.15) is 0 Å². The Morgan fingerprint density at radius 1 is 1.59 bits per heavy atom. The molecule has 2 rings (SSSR count). The first-order valence-corrected chi connectivity index (χ1v) is 5.91. The van der Waals surface area contributed by atoms with Gasteiger partial charge in [0.25, 0.3) is 0 Å². The zero-order valence-electron chi connectivity index (χ0n) is 9.51. The summed E-state index contributed by atoms with van der Waals surface area (Å²) < 4.78 is 6.72. The van der Waals surface area contributed by atoms with E-state index in [1.54, 1.807) is 12.5 Å². The van der Waals surface area contributed by atoms with Crippen LogP contribution in [0.5, 0.6) is 5.75 Å². The number of hydrogen-bond acceptors (Lipinski definition) is 5. The van der Waals surface area contributed by atoms with E-state index in [0.717, 1.165) is 10.9 Å². The van der Waals surface area contributed by atoms with E-state index in [0.29, 0.717) is 11.5 Å². The van der Waals surface area contributed by atoms with Gasteiger partial charge in [0.05, 0.1) is 7.11 Å². The van der Waals surface area contributed by atoms with Crippen molar-refractivity contribution in [2.75, 3.05) is 7.11 Å². The number of thioether (sulfide) groups is 1. The van der Waals surface area contributed by atoms with Crippen molar-refractivity contribution in [1.29, 1.82) is 0 Å². The summed E-state index contributed by atoms with van der Waals surface area (Å²) in [5.74, 6) is 0.948. The molecule has 0 atom stereocenters. The number of hydrogen-bond donors (Lipinski definition) is 1. The van der Waals surface area contributed by atoms with Gasteiger partial charge in [0, 0.05) is 30.8 Å². The molecule has 17 heavy (non-hydrogen) atoms. The van der Waals surface area contributed by atoms with Gasteiger partial charge >= 0.3 is 0 Å². The minimum Gasteiger partial charge on any atom is -0.491 e. The van der Waals surface area contributed by atoms with Crippen LogP contribution in [-0.4, -0.2) is 26.9 Å². The number of aromatic amines is 1. The standard InChI is InChI=1S/C10H12N4O2S/c1-14-6-12-13-10(14)17-5-7-3-8(15)9(16-2)4-11-7/h3-4,6H,5H2,1-2H3,(H,11,15). The van der Waals surface area contributed by atoms with Gasteiger partial charge in [0.1, 0.15) is 6.33 Å². The zero-order valence-corrected chi connectivity index (χ0v) is 10.3. The fourth-order valence-corrected chi connectivity index (χ4v) is 2.10. The van der Waals surface area contributed by atoms with Crippen molar-refractivity contribution in [2.24, 2.45) is 7.05 Å². The maximum atomic E-state index is 11.5. The molecule has 2 heterocycles. The quantitative estimate of drug-likeness (QED) is 0.815. The summed E-state index contributed by atoms with van der Waals surface area (Å²) in [5, 5.41) is 8.53. The topological polar surface area (TPSA) is 72.8 Å².